The zero-order valence-corrected chi connectivity index (χ0v) is 31.4. The molecule has 0 saturated carbocycles. The molecule has 2 aromatic rings. The Morgan fingerprint density at radius 3 is 1.73 bits per heavy atom. The van der Waals surface area contributed by atoms with Crippen LogP contribution in [0.25, 0.3) is 0 Å². The molecule has 1 atom stereocenters. The molecule has 0 aliphatic rings. The van der Waals surface area contributed by atoms with E-state index < -0.39 is 39.2 Å². The summed E-state index contributed by atoms with van der Waals surface area (Å²) in [6, 6.07) is 9.27. The van der Waals surface area contributed by atoms with Crippen molar-refractivity contribution in [2.75, 3.05) is 11.9 Å². The Labute approximate surface area is 299 Å². The summed E-state index contributed by atoms with van der Waals surface area (Å²) in [7, 11) is -3.88. The number of carboxylic acid groups (broad SMARTS) is 1. The molecule has 0 saturated heterocycles. The number of hydrogen-bond donors (Lipinski definition) is 3. The van der Waals surface area contributed by atoms with Gasteiger partial charge >= 0.3 is 5.97 Å². The zero-order chi connectivity index (χ0) is 36.3. The van der Waals surface area contributed by atoms with Gasteiger partial charge in [0.25, 0.3) is 5.91 Å². The van der Waals surface area contributed by atoms with Crippen molar-refractivity contribution < 1.29 is 32.6 Å². The number of carbonyl (C=O) groups excluding carboxylic acids is 2. The van der Waals surface area contributed by atoms with E-state index in [1.807, 2.05) is 0 Å². The van der Waals surface area contributed by atoms with E-state index in [2.05, 4.69) is 17.0 Å². The number of unbranched alkanes of at least 4 members (excludes halogenated alkanes) is 15. The van der Waals surface area contributed by atoms with Crippen molar-refractivity contribution in [2.24, 2.45) is 5.41 Å². The van der Waals surface area contributed by atoms with Crippen LogP contribution >= 0.6 is 11.6 Å². The minimum Gasteiger partial charge on any atom is -0.478 e. The highest BCUT2D eigenvalue weighted by Crippen LogP contribution is 2.28. The first-order valence-electron chi connectivity index (χ1n) is 17.9. The summed E-state index contributed by atoms with van der Waals surface area (Å²) in [6.45, 7) is 7.46. The molecule has 0 aromatic heterocycles. The van der Waals surface area contributed by atoms with E-state index in [4.69, 9.17) is 21.4 Å². The molecule has 0 bridgehead atoms. The van der Waals surface area contributed by atoms with Crippen molar-refractivity contribution in [2.45, 2.75) is 141 Å². The first-order valence-corrected chi connectivity index (χ1v) is 19.8. The second-order valence-electron chi connectivity index (χ2n) is 13.8. The third-order valence-corrected chi connectivity index (χ3v) is 10.2. The lowest BCUT2D eigenvalue weighted by molar-refractivity contribution is -0.140. The zero-order valence-electron chi connectivity index (χ0n) is 29.8. The minimum absolute atomic E-state index is 0.00786. The maximum atomic E-state index is 13.4. The highest BCUT2D eigenvalue weighted by atomic mass is 35.5. The van der Waals surface area contributed by atoms with Crippen LogP contribution in [0, 0.1) is 5.41 Å². The molecule has 0 spiro atoms. The van der Waals surface area contributed by atoms with Gasteiger partial charge in [-0.25, -0.2) is 17.9 Å². The molecule has 0 unspecified atom stereocenters. The van der Waals surface area contributed by atoms with Crippen LogP contribution in [-0.2, 0) is 19.6 Å². The molecule has 2 aromatic carbocycles. The van der Waals surface area contributed by atoms with E-state index >= 15 is 0 Å². The smallest absolute Gasteiger partial charge is 0.335 e. The van der Waals surface area contributed by atoms with Crippen molar-refractivity contribution in [3.05, 3.63) is 53.1 Å². The van der Waals surface area contributed by atoms with Gasteiger partial charge in [0.2, 0.25) is 16.1 Å². The van der Waals surface area contributed by atoms with Crippen LogP contribution in [0.1, 0.15) is 141 Å². The normalized spacial score (nSPS) is 12.4. The van der Waals surface area contributed by atoms with Crippen molar-refractivity contribution >= 4 is 45.0 Å². The molecule has 0 heterocycles. The maximum absolute atomic E-state index is 13.4. The van der Waals surface area contributed by atoms with Gasteiger partial charge in [-0.2, -0.15) is 0 Å². The predicted molar refractivity (Wildman–Crippen MR) is 197 cm³/mol. The third kappa shape index (κ3) is 16.1. The van der Waals surface area contributed by atoms with Crippen LogP contribution in [0.3, 0.4) is 0 Å². The fourth-order valence-corrected chi connectivity index (χ4v) is 6.62. The Balaban J connectivity index is 1.81. The van der Waals surface area contributed by atoms with E-state index in [9.17, 15) is 22.8 Å². The van der Waals surface area contributed by atoms with Crippen molar-refractivity contribution in [1.82, 2.24) is 4.72 Å². The predicted octanol–water partition coefficient (Wildman–Crippen LogP) is 9.58. The molecule has 0 aliphatic heterocycles. The van der Waals surface area contributed by atoms with Gasteiger partial charge in [-0.3, -0.25) is 9.59 Å². The number of amides is 1. The van der Waals surface area contributed by atoms with E-state index in [0.29, 0.717) is 6.54 Å². The number of halogens is 1. The van der Waals surface area contributed by atoms with Gasteiger partial charge in [-0.05, 0) is 48.9 Å². The number of hydrogen-bond acceptors (Lipinski definition) is 6. The molecular formula is C38H57ClN2O7S. The van der Waals surface area contributed by atoms with Gasteiger partial charge in [0.05, 0.1) is 21.2 Å². The van der Waals surface area contributed by atoms with Gasteiger partial charge in [0.1, 0.15) is 5.75 Å². The largest absolute Gasteiger partial charge is 0.478 e. The number of ketones is 1. The van der Waals surface area contributed by atoms with Crippen molar-refractivity contribution in [1.29, 1.82) is 0 Å². The second-order valence-corrected chi connectivity index (χ2v) is 15.9. The van der Waals surface area contributed by atoms with Crippen LogP contribution in [-0.4, -0.2) is 43.8 Å². The highest BCUT2D eigenvalue weighted by Gasteiger charge is 2.37. The fourth-order valence-electron chi connectivity index (χ4n) is 5.36. The summed E-state index contributed by atoms with van der Waals surface area (Å²) >= 11 is 6.32. The van der Waals surface area contributed by atoms with Crippen LogP contribution in [0.5, 0.6) is 5.75 Å². The summed E-state index contributed by atoms with van der Waals surface area (Å²) in [6.07, 6.45) is 18.2. The number of Topliss-reactive ketones (excluding diaryl/α,β-unsaturated/α-hetero) is 1. The molecule has 3 N–H and O–H groups in total. The third-order valence-electron chi connectivity index (χ3n) is 8.40. The number of rotatable bonds is 25. The molecule has 11 heteroatoms. The van der Waals surface area contributed by atoms with E-state index in [1.54, 1.807) is 20.8 Å². The van der Waals surface area contributed by atoms with Crippen LogP contribution < -0.4 is 14.8 Å². The summed E-state index contributed by atoms with van der Waals surface area (Å²) < 4.78 is 34.4. The topological polar surface area (TPSA) is 139 Å². The second kappa shape index (κ2) is 22.0. The van der Waals surface area contributed by atoms with Crippen molar-refractivity contribution in [3.8, 4) is 5.75 Å². The number of sulfonamides is 1. The summed E-state index contributed by atoms with van der Waals surface area (Å²) in [5.41, 5.74) is -0.939. The van der Waals surface area contributed by atoms with Gasteiger partial charge in [0.15, 0.2) is 5.78 Å². The molecular weight excluding hydrogens is 664 g/mol. The minimum atomic E-state index is -3.88. The van der Waals surface area contributed by atoms with Crippen molar-refractivity contribution in [3.63, 3.8) is 0 Å². The standard InChI is InChI=1S/C38H57ClN2O7S/c1-5-6-7-8-9-10-11-12-13-14-15-16-17-18-19-20-27-40-49(46,47)31-25-26-32(39)33(28-31)41-36(43)34(35(42)38(2,3)4)48-30-23-21-29(22-24-30)37(44)45/h21-26,28,34,40H,5-20,27H2,1-4H3,(H,41,43)(H,44,45)/t34-/m1/s1. The Bertz CT molecular complexity index is 1420. The van der Waals surface area contributed by atoms with Crippen LogP contribution in [0.15, 0.2) is 47.4 Å². The average Bonchev–Trinajstić information content (AvgIpc) is 3.05. The highest BCUT2D eigenvalue weighted by molar-refractivity contribution is 7.89. The Morgan fingerprint density at radius 2 is 1.27 bits per heavy atom. The first-order chi connectivity index (χ1) is 23.3. The maximum Gasteiger partial charge on any atom is 0.335 e. The lowest BCUT2D eigenvalue weighted by Gasteiger charge is -2.25. The first kappa shape index (κ1) is 42.2. The number of aromatic carboxylic acids is 1. The SMILES string of the molecule is CCCCCCCCCCCCCCCCCCNS(=O)(=O)c1ccc(Cl)c(NC(=O)[C@H](Oc2ccc(C(=O)O)cc2)C(=O)C(C)(C)C)c1. The van der Waals surface area contributed by atoms with Crippen LogP contribution in [0.4, 0.5) is 5.69 Å². The Hall–Kier alpha value is -2.95. The molecule has 274 valence electrons. The Kier molecular flexibility index (Phi) is 18.9. The number of ether oxygens (including phenoxy) is 1. The molecule has 9 nitrogen and oxygen atoms in total. The van der Waals surface area contributed by atoms with E-state index in [-0.39, 0.29) is 26.9 Å². The summed E-state index contributed by atoms with van der Waals surface area (Å²) in [4.78, 5) is 37.7. The lowest BCUT2D eigenvalue weighted by atomic mass is 9.87. The van der Waals surface area contributed by atoms with Gasteiger partial charge in [0, 0.05) is 12.0 Å². The Morgan fingerprint density at radius 1 is 0.776 bits per heavy atom. The molecule has 49 heavy (non-hydrogen) atoms. The number of benzene rings is 2. The number of carboxylic acids is 1. The van der Waals surface area contributed by atoms with Gasteiger partial charge in [-0.1, -0.05) is 136 Å². The molecule has 1 amide bonds. The number of carbonyl (C=O) groups is 3. The number of anilines is 1. The number of nitrogens with one attached hydrogen (secondary N) is 2. The van der Waals surface area contributed by atoms with Gasteiger partial charge in [-0.15, -0.1) is 0 Å². The summed E-state index contributed by atoms with van der Waals surface area (Å²) in [5.74, 6) is -2.40. The molecule has 0 aliphatic carbocycles. The summed E-state index contributed by atoms with van der Waals surface area (Å²) in [5, 5.41) is 11.8. The molecule has 2 rings (SSSR count). The quantitative estimate of drug-likeness (QED) is 0.0686. The average molecular weight is 721 g/mol. The van der Waals surface area contributed by atoms with E-state index in [1.165, 1.54) is 120 Å². The van der Waals surface area contributed by atoms with E-state index in [0.717, 1.165) is 25.7 Å². The lowest BCUT2D eigenvalue weighted by Crippen LogP contribution is -2.45. The fraction of sp³-hybridized carbons (Fsp3) is 0.605. The monoisotopic (exact) mass is 720 g/mol. The van der Waals surface area contributed by atoms with Gasteiger partial charge < -0.3 is 15.2 Å². The van der Waals surface area contributed by atoms with Crippen LogP contribution in [0.2, 0.25) is 5.02 Å². The molecule has 0 fully saturated rings. The molecule has 0 radical (unpaired) electrons.